The van der Waals surface area contributed by atoms with E-state index >= 15 is 0 Å². The Labute approximate surface area is 146 Å². The Morgan fingerprint density at radius 2 is 1.87 bits per heavy atom. The Kier molecular flexibility index (Phi) is 4.80. The Hall–Kier alpha value is -1.69. The Balaban J connectivity index is 2.24. The highest BCUT2D eigenvalue weighted by Crippen LogP contribution is 2.32. The molecule has 6 heteroatoms. The highest BCUT2D eigenvalue weighted by atomic mass is 79.9. The van der Waals surface area contributed by atoms with Gasteiger partial charge in [0.05, 0.1) is 22.1 Å². The van der Waals surface area contributed by atoms with Crippen LogP contribution in [0, 0.1) is 6.92 Å². The summed E-state index contributed by atoms with van der Waals surface area (Å²) in [5.41, 5.74) is 3.94. The van der Waals surface area contributed by atoms with E-state index in [-0.39, 0.29) is 6.61 Å². The second-order valence-electron chi connectivity index (χ2n) is 5.04. The van der Waals surface area contributed by atoms with E-state index in [4.69, 9.17) is 11.6 Å². The van der Waals surface area contributed by atoms with Crippen LogP contribution in [0.25, 0.3) is 16.9 Å². The van der Waals surface area contributed by atoms with Gasteiger partial charge in [0.2, 0.25) is 0 Å². The minimum atomic E-state index is -0.202. The van der Waals surface area contributed by atoms with E-state index in [1.165, 1.54) is 0 Å². The van der Waals surface area contributed by atoms with Gasteiger partial charge in [0.1, 0.15) is 6.61 Å². The third kappa shape index (κ3) is 3.17. The van der Waals surface area contributed by atoms with Gasteiger partial charge in [0, 0.05) is 15.6 Å². The molecule has 0 aliphatic carbocycles. The van der Waals surface area contributed by atoms with Crippen LogP contribution in [0.5, 0.6) is 0 Å². The predicted molar refractivity (Wildman–Crippen MR) is 92.3 cm³/mol. The second-order valence-corrected chi connectivity index (χ2v) is 6.37. The van der Waals surface area contributed by atoms with Gasteiger partial charge in [-0.15, -0.1) is 0 Å². The summed E-state index contributed by atoms with van der Waals surface area (Å²) in [6.07, 6.45) is 0. The Bertz CT molecular complexity index is 833. The fraction of sp³-hybridized carbons (Fsp3) is 0.118. The summed E-state index contributed by atoms with van der Waals surface area (Å²) in [6.45, 7) is 1.69. The molecule has 2 aromatic carbocycles. The first-order valence-electron chi connectivity index (χ1n) is 6.94. The largest absolute Gasteiger partial charge is 0.231 e. The van der Waals surface area contributed by atoms with Crippen molar-refractivity contribution in [3.05, 3.63) is 69.3 Å². The summed E-state index contributed by atoms with van der Waals surface area (Å²) in [5.74, 6) is 0. The Morgan fingerprint density at radius 3 is 2.52 bits per heavy atom. The molecular formula is C17H13BrClFN2O. The molecule has 3 nitrogen and oxygen atoms in total. The fourth-order valence-corrected chi connectivity index (χ4v) is 2.95. The van der Waals surface area contributed by atoms with Gasteiger partial charge < -0.3 is 0 Å². The van der Waals surface area contributed by atoms with Crippen LogP contribution in [0.1, 0.15) is 11.3 Å². The zero-order chi connectivity index (χ0) is 16.4. The number of rotatable bonds is 4. The smallest absolute Gasteiger partial charge is 0.132 e. The molecule has 118 valence electrons. The first kappa shape index (κ1) is 16.2. The molecule has 0 radical (unpaired) electrons. The summed E-state index contributed by atoms with van der Waals surface area (Å²) in [4.78, 5) is 3.78. The van der Waals surface area contributed by atoms with Crippen LogP contribution in [-0.4, -0.2) is 9.78 Å². The maximum Gasteiger partial charge on any atom is 0.132 e. The standard InChI is InChI=1S/C17H13BrClFN2O/c1-11-15(10-23-20)21-22(16-5-3-2-4-14(16)19)17(11)12-6-8-13(18)9-7-12/h2-9H,10H2,1H3. The van der Waals surface area contributed by atoms with Crippen LogP contribution >= 0.6 is 27.5 Å². The number of benzene rings is 2. The lowest BCUT2D eigenvalue weighted by molar-refractivity contribution is -0.145. The number of hydrogen-bond acceptors (Lipinski definition) is 2. The average Bonchev–Trinajstić information content (AvgIpc) is 2.86. The van der Waals surface area contributed by atoms with Crippen molar-refractivity contribution in [2.75, 3.05) is 0 Å². The molecule has 1 heterocycles. The number of halogens is 3. The molecule has 0 bridgehead atoms. The van der Waals surface area contributed by atoms with Crippen LogP contribution in [-0.2, 0) is 11.5 Å². The van der Waals surface area contributed by atoms with E-state index in [0.717, 1.165) is 27.0 Å². The molecular weight excluding hydrogens is 383 g/mol. The highest BCUT2D eigenvalue weighted by Gasteiger charge is 2.19. The molecule has 0 amide bonds. The van der Waals surface area contributed by atoms with Crippen molar-refractivity contribution in [3.63, 3.8) is 0 Å². The molecule has 0 aliphatic heterocycles. The van der Waals surface area contributed by atoms with Crippen LogP contribution in [0.4, 0.5) is 4.53 Å². The molecule has 0 saturated heterocycles. The fourth-order valence-electron chi connectivity index (χ4n) is 2.47. The number of para-hydroxylation sites is 1. The molecule has 3 aromatic rings. The van der Waals surface area contributed by atoms with Crippen molar-refractivity contribution in [3.8, 4) is 16.9 Å². The van der Waals surface area contributed by atoms with Crippen LogP contribution in [0.15, 0.2) is 53.0 Å². The minimum Gasteiger partial charge on any atom is -0.231 e. The lowest BCUT2D eigenvalue weighted by Gasteiger charge is -2.10. The maximum atomic E-state index is 12.4. The molecule has 3 rings (SSSR count). The molecule has 0 spiro atoms. The SMILES string of the molecule is Cc1c(COF)nn(-c2ccccc2Cl)c1-c1ccc(Br)cc1. The number of hydrogen-bond donors (Lipinski definition) is 0. The van der Waals surface area contributed by atoms with Crippen LogP contribution in [0.2, 0.25) is 5.02 Å². The van der Waals surface area contributed by atoms with Crippen LogP contribution < -0.4 is 0 Å². The van der Waals surface area contributed by atoms with Crippen molar-refractivity contribution >= 4 is 27.5 Å². The summed E-state index contributed by atoms with van der Waals surface area (Å²) < 4.78 is 15.1. The third-order valence-corrected chi connectivity index (χ3v) is 4.46. The monoisotopic (exact) mass is 394 g/mol. The van der Waals surface area contributed by atoms with Gasteiger partial charge >= 0.3 is 0 Å². The van der Waals surface area contributed by atoms with Crippen molar-refractivity contribution in [2.24, 2.45) is 0 Å². The summed E-state index contributed by atoms with van der Waals surface area (Å²) in [6, 6.07) is 15.3. The summed E-state index contributed by atoms with van der Waals surface area (Å²) >= 11 is 9.74. The lowest BCUT2D eigenvalue weighted by Crippen LogP contribution is -2.00. The molecule has 0 N–H and O–H groups in total. The predicted octanol–water partition coefficient (Wildman–Crippen LogP) is 5.66. The number of aromatic nitrogens is 2. The lowest BCUT2D eigenvalue weighted by atomic mass is 10.1. The molecule has 0 aliphatic rings. The summed E-state index contributed by atoms with van der Waals surface area (Å²) in [7, 11) is 0. The van der Waals surface area contributed by atoms with Gasteiger partial charge in [-0.25, -0.2) is 4.68 Å². The second kappa shape index (κ2) is 6.83. The van der Waals surface area contributed by atoms with Crippen LogP contribution in [0.3, 0.4) is 0 Å². The van der Waals surface area contributed by atoms with E-state index < -0.39 is 0 Å². The maximum absolute atomic E-state index is 12.4. The molecule has 23 heavy (non-hydrogen) atoms. The normalized spacial score (nSPS) is 11.0. The molecule has 0 fully saturated rings. The van der Waals surface area contributed by atoms with E-state index in [1.807, 2.05) is 49.4 Å². The van der Waals surface area contributed by atoms with Crippen molar-refractivity contribution < 1.29 is 9.47 Å². The van der Waals surface area contributed by atoms with E-state index in [0.29, 0.717) is 10.7 Å². The summed E-state index contributed by atoms with van der Waals surface area (Å²) in [5, 5.41) is 5.06. The Morgan fingerprint density at radius 1 is 1.17 bits per heavy atom. The molecule has 1 aromatic heterocycles. The van der Waals surface area contributed by atoms with E-state index in [2.05, 4.69) is 26.0 Å². The van der Waals surface area contributed by atoms with Gasteiger partial charge in [-0.3, -0.25) is 0 Å². The van der Waals surface area contributed by atoms with E-state index in [1.54, 1.807) is 10.7 Å². The van der Waals surface area contributed by atoms with Gasteiger partial charge in [0.25, 0.3) is 0 Å². The van der Waals surface area contributed by atoms with Gasteiger partial charge in [0.15, 0.2) is 0 Å². The van der Waals surface area contributed by atoms with Gasteiger partial charge in [-0.2, -0.15) is 10.0 Å². The molecule has 0 saturated carbocycles. The molecule has 0 atom stereocenters. The quantitative estimate of drug-likeness (QED) is 0.569. The van der Waals surface area contributed by atoms with Crippen molar-refractivity contribution in [1.82, 2.24) is 9.78 Å². The molecule has 0 unspecified atom stereocenters. The van der Waals surface area contributed by atoms with Gasteiger partial charge in [-0.05, 0) is 35.7 Å². The first-order chi connectivity index (χ1) is 11.1. The zero-order valence-electron chi connectivity index (χ0n) is 12.3. The number of nitrogens with zero attached hydrogens (tertiary/aromatic N) is 2. The highest BCUT2D eigenvalue weighted by molar-refractivity contribution is 9.10. The average molecular weight is 396 g/mol. The zero-order valence-corrected chi connectivity index (χ0v) is 14.6. The third-order valence-electron chi connectivity index (χ3n) is 3.61. The van der Waals surface area contributed by atoms with Crippen molar-refractivity contribution in [1.29, 1.82) is 0 Å². The topological polar surface area (TPSA) is 27.1 Å². The first-order valence-corrected chi connectivity index (χ1v) is 8.11. The van der Waals surface area contributed by atoms with E-state index in [9.17, 15) is 4.53 Å². The van der Waals surface area contributed by atoms with Gasteiger partial charge in [-0.1, -0.05) is 51.8 Å². The van der Waals surface area contributed by atoms with Crippen molar-refractivity contribution in [2.45, 2.75) is 13.5 Å². The minimum absolute atomic E-state index is 0.202.